The summed E-state index contributed by atoms with van der Waals surface area (Å²) >= 11 is 0. The normalized spacial score (nSPS) is 14.4. The summed E-state index contributed by atoms with van der Waals surface area (Å²) in [5.74, 6) is -3.65. The van der Waals surface area contributed by atoms with E-state index in [0.717, 1.165) is 45.8 Å². The van der Waals surface area contributed by atoms with E-state index in [0.29, 0.717) is 0 Å². The van der Waals surface area contributed by atoms with Crippen molar-refractivity contribution in [3.05, 3.63) is 96.1 Å². The first-order valence-electron chi connectivity index (χ1n) is 13.3. The molecule has 7 heteroatoms. The van der Waals surface area contributed by atoms with Gasteiger partial charge in [-0.05, 0) is 53.1 Å². The Morgan fingerprint density at radius 3 is 1.82 bits per heavy atom. The summed E-state index contributed by atoms with van der Waals surface area (Å²) in [5.41, 5.74) is 5.53. The lowest BCUT2D eigenvalue weighted by Crippen LogP contribution is -2.45. The number of benzene rings is 4. The number of aromatic nitrogens is 1. The number of carboxylic acid groups (broad SMARTS) is 2. The first kappa shape index (κ1) is 26.4. The average molecular weight is 524 g/mol. The Morgan fingerprint density at radius 1 is 0.641 bits per heavy atom. The van der Waals surface area contributed by atoms with E-state index in [1.807, 2.05) is 0 Å². The third-order valence-electron chi connectivity index (χ3n) is 7.43. The molecular weight excluding hydrogens is 490 g/mol. The molecule has 39 heavy (non-hydrogen) atoms. The molecule has 1 aliphatic rings. The molecule has 1 aliphatic heterocycles. The average Bonchev–Trinajstić information content (AvgIpc) is 3.27. The van der Waals surface area contributed by atoms with E-state index in [1.54, 1.807) is 0 Å². The highest BCUT2D eigenvalue weighted by Gasteiger charge is 2.18. The van der Waals surface area contributed by atoms with Gasteiger partial charge >= 0.3 is 11.9 Å². The van der Waals surface area contributed by atoms with Crippen molar-refractivity contribution in [2.24, 2.45) is 0 Å². The lowest BCUT2D eigenvalue weighted by molar-refractivity contribution is -0.159. The van der Waals surface area contributed by atoms with Crippen LogP contribution >= 0.6 is 0 Å². The van der Waals surface area contributed by atoms with Gasteiger partial charge in [-0.25, -0.2) is 9.59 Å². The minimum atomic E-state index is -1.82. The Bertz CT molecular complexity index is 1620. The molecule has 5 aromatic rings. The maximum atomic E-state index is 9.10. The van der Waals surface area contributed by atoms with Crippen molar-refractivity contribution in [2.75, 3.05) is 26.2 Å². The van der Waals surface area contributed by atoms with Gasteiger partial charge in [0.2, 0.25) is 0 Å². The van der Waals surface area contributed by atoms with E-state index in [2.05, 4.69) is 106 Å². The monoisotopic (exact) mass is 523 g/mol. The fourth-order valence-corrected chi connectivity index (χ4v) is 5.50. The van der Waals surface area contributed by atoms with Crippen LogP contribution in [0.15, 0.2) is 84.9 Å². The van der Waals surface area contributed by atoms with Crippen LogP contribution in [0.4, 0.5) is 0 Å². The minimum Gasteiger partial charge on any atom is -0.473 e. The van der Waals surface area contributed by atoms with Crippen molar-refractivity contribution in [3.63, 3.8) is 0 Å². The molecule has 4 aromatic carbocycles. The van der Waals surface area contributed by atoms with Gasteiger partial charge in [-0.3, -0.25) is 9.80 Å². The zero-order valence-electron chi connectivity index (χ0n) is 22.1. The molecule has 0 aliphatic carbocycles. The van der Waals surface area contributed by atoms with Gasteiger partial charge in [0.1, 0.15) is 0 Å². The third-order valence-corrected chi connectivity index (χ3v) is 7.43. The highest BCUT2D eigenvalue weighted by Crippen LogP contribution is 2.30. The molecule has 7 nitrogen and oxygen atoms in total. The van der Waals surface area contributed by atoms with E-state index in [4.69, 9.17) is 19.8 Å². The van der Waals surface area contributed by atoms with Gasteiger partial charge in [-0.1, -0.05) is 60.7 Å². The summed E-state index contributed by atoms with van der Waals surface area (Å²) in [6.45, 7) is 9.82. The summed E-state index contributed by atoms with van der Waals surface area (Å²) in [6, 6.07) is 31.4. The second-order valence-electron chi connectivity index (χ2n) is 9.96. The first-order valence-corrected chi connectivity index (χ1v) is 13.3. The Morgan fingerprint density at radius 2 is 1.18 bits per heavy atom. The second kappa shape index (κ2) is 11.7. The topological polar surface area (TPSA) is 86.0 Å². The van der Waals surface area contributed by atoms with Crippen LogP contribution in [0.1, 0.15) is 18.1 Å². The fourth-order valence-electron chi connectivity index (χ4n) is 5.50. The molecule has 0 saturated carbocycles. The van der Waals surface area contributed by atoms with Gasteiger partial charge in [-0.2, -0.15) is 0 Å². The molecule has 200 valence electrons. The standard InChI is InChI=1S/C30H31N3.C2H2O4/c1-2-33-29-10-6-5-9-27(29)28-20-24(12-14-30(28)33)22-32-17-15-31(16-18-32)21-23-11-13-25-7-3-4-8-26(25)19-23;3-1(4)2(5)6/h3-14,19-20H,2,15-18,21-22H2,1H3;(H,3,4)(H,5,6). The molecule has 0 amide bonds. The van der Waals surface area contributed by atoms with Crippen molar-refractivity contribution in [1.29, 1.82) is 0 Å². The Balaban J connectivity index is 0.000000465. The third kappa shape index (κ3) is 5.95. The van der Waals surface area contributed by atoms with Crippen molar-refractivity contribution >= 4 is 44.5 Å². The number of hydrogen-bond donors (Lipinski definition) is 2. The number of fused-ring (bicyclic) bond motifs is 4. The Hall–Kier alpha value is -4.20. The van der Waals surface area contributed by atoms with Crippen LogP contribution in [0.25, 0.3) is 32.6 Å². The summed E-state index contributed by atoms with van der Waals surface area (Å²) in [7, 11) is 0. The molecule has 0 unspecified atom stereocenters. The maximum absolute atomic E-state index is 9.10. The Kier molecular flexibility index (Phi) is 7.91. The Labute approximate surface area is 227 Å². The smallest absolute Gasteiger partial charge is 0.414 e. The molecule has 6 rings (SSSR count). The van der Waals surface area contributed by atoms with Gasteiger partial charge in [-0.15, -0.1) is 0 Å². The highest BCUT2D eigenvalue weighted by molar-refractivity contribution is 6.27. The van der Waals surface area contributed by atoms with Gasteiger partial charge < -0.3 is 14.8 Å². The van der Waals surface area contributed by atoms with Crippen LogP contribution in [0.5, 0.6) is 0 Å². The molecule has 0 radical (unpaired) electrons. The molecule has 2 heterocycles. The highest BCUT2D eigenvalue weighted by atomic mass is 16.4. The van der Waals surface area contributed by atoms with Gasteiger partial charge in [0.05, 0.1) is 0 Å². The van der Waals surface area contributed by atoms with Gasteiger partial charge in [0, 0.05) is 67.6 Å². The number of nitrogens with zero attached hydrogens (tertiary/aromatic N) is 3. The minimum absolute atomic E-state index is 1.00. The lowest BCUT2D eigenvalue weighted by atomic mass is 10.1. The largest absolute Gasteiger partial charge is 0.473 e. The number of piperazine rings is 1. The van der Waals surface area contributed by atoms with Gasteiger partial charge in [0.15, 0.2) is 0 Å². The van der Waals surface area contributed by atoms with Crippen LogP contribution in [-0.2, 0) is 29.2 Å². The second-order valence-corrected chi connectivity index (χ2v) is 9.96. The predicted octanol–water partition coefficient (Wildman–Crippen LogP) is 5.44. The van der Waals surface area contributed by atoms with Crippen LogP contribution in [0.3, 0.4) is 0 Å². The van der Waals surface area contributed by atoms with Crippen LogP contribution in [-0.4, -0.2) is 62.7 Å². The molecule has 0 spiro atoms. The molecule has 1 aromatic heterocycles. The molecule has 2 N–H and O–H groups in total. The van der Waals surface area contributed by atoms with Crippen molar-refractivity contribution in [3.8, 4) is 0 Å². The van der Waals surface area contributed by atoms with Crippen LogP contribution < -0.4 is 0 Å². The summed E-state index contributed by atoms with van der Waals surface area (Å²) in [6.07, 6.45) is 0. The molecule has 1 saturated heterocycles. The van der Waals surface area contributed by atoms with Crippen LogP contribution in [0, 0.1) is 0 Å². The number of carbonyl (C=O) groups is 2. The lowest BCUT2D eigenvalue weighted by Gasteiger charge is -2.34. The molecular formula is C32H33N3O4. The number of aliphatic carboxylic acids is 2. The number of aryl methyl sites for hydroxylation is 1. The van der Waals surface area contributed by atoms with E-state index < -0.39 is 11.9 Å². The van der Waals surface area contributed by atoms with Crippen LogP contribution in [0.2, 0.25) is 0 Å². The van der Waals surface area contributed by atoms with Crippen molar-refractivity contribution < 1.29 is 19.8 Å². The van der Waals surface area contributed by atoms with Crippen molar-refractivity contribution in [1.82, 2.24) is 14.4 Å². The molecule has 0 bridgehead atoms. The molecule has 1 fully saturated rings. The molecule has 0 atom stereocenters. The van der Waals surface area contributed by atoms with E-state index in [9.17, 15) is 0 Å². The van der Waals surface area contributed by atoms with E-state index >= 15 is 0 Å². The maximum Gasteiger partial charge on any atom is 0.414 e. The number of para-hydroxylation sites is 1. The predicted molar refractivity (Wildman–Crippen MR) is 155 cm³/mol. The van der Waals surface area contributed by atoms with Gasteiger partial charge in [0.25, 0.3) is 0 Å². The SMILES string of the molecule is CCn1c2ccccc2c2cc(CN3CCN(Cc4ccc5ccccc5c4)CC3)ccc21.O=C(O)C(=O)O. The number of hydrogen-bond acceptors (Lipinski definition) is 4. The zero-order chi connectivity index (χ0) is 27.4. The quantitative estimate of drug-likeness (QED) is 0.298. The summed E-state index contributed by atoms with van der Waals surface area (Å²) < 4.78 is 2.43. The number of carboxylic acids is 2. The first-order chi connectivity index (χ1) is 18.9. The van der Waals surface area contributed by atoms with E-state index in [-0.39, 0.29) is 0 Å². The fraction of sp³-hybridized carbons (Fsp3) is 0.250. The zero-order valence-corrected chi connectivity index (χ0v) is 22.1. The summed E-state index contributed by atoms with van der Waals surface area (Å²) in [4.78, 5) is 23.4. The van der Waals surface area contributed by atoms with E-state index in [1.165, 1.54) is 43.7 Å². The summed E-state index contributed by atoms with van der Waals surface area (Å²) in [5, 5.41) is 20.2. The number of rotatable bonds is 5. The van der Waals surface area contributed by atoms with Crippen molar-refractivity contribution in [2.45, 2.75) is 26.6 Å².